The van der Waals surface area contributed by atoms with Gasteiger partial charge in [-0.2, -0.15) is 5.10 Å². The molecule has 0 aliphatic heterocycles. The van der Waals surface area contributed by atoms with Gasteiger partial charge in [-0.05, 0) is 42.3 Å². The fraction of sp³-hybridized carbons (Fsp3) is 0.100. The number of H-pyrrole nitrogens is 1. The molecule has 0 atom stereocenters. The highest BCUT2D eigenvalue weighted by atomic mass is 19.1. The average molecular weight is 363 g/mol. The molecule has 136 valence electrons. The molecule has 2 amide bonds. The van der Waals surface area contributed by atoms with Crippen LogP contribution in [0.3, 0.4) is 0 Å². The monoisotopic (exact) mass is 363 g/mol. The molecule has 0 saturated carbocycles. The minimum atomic E-state index is -0.463. The fourth-order valence-corrected chi connectivity index (χ4v) is 3.01. The highest BCUT2D eigenvalue weighted by Crippen LogP contribution is 2.19. The summed E-state index contributed by atoms with van der Waals surface area (Å²) in [6, 6.07) is 13.9. The molecule has 4 aromatic rings. The van der Waals surface area contributed by atoms with Gasteiger partial charge in [-0.3, -0.25) is 0 Å². The number of urea groups is 1. The van der Waals surface area contributed by atoms with Crippen LogP contribution < -0.4 is 10.6 Å². The number of para-hydroxylation sites is 1. The van der Waals surface area contributed by atoms with Crippen molar-refractivity contribution in [2.45, 2.75) is 6.42 Å². The summed E-state index contributed by atoms with van der Waals surface area (Å²) in [4.78, 5) is 15.3. The fourth-order valence-electron chi connectivity index (χ4n) is 3.01. The van der Waals surface area contributed by atoms with Crippen molar-refractivity contribution < 1.29 is 9.18 Å². The third-order valence-electron chi connectivity index (χ3n) is 4.31. The molecule has 0 bridgehead atoms. The van der Waals surface area contributed by atoms with Crippen molar-refractivity contribution in [1.29, 1.82) is 0 Å². The lowest BCUT2D eigenvalue weighted by molar-refractivity contribution is 0.252. The number of rotatable bonds is 5. The second-order valence-corrected chi connectivity index (χ2v) is 6.11. The van der Waals surface area contributed by atoms with Crippen molar-refractivity contribution in [3.8, 4) is 5.69 Å². The minimum Gasteiger partial charge on any atom is -0.361 e. The van der Waals surface area contributed by atoms with Crippen molar-refractivity contribution in [3.63, 3.8) is 0 Å². The van der Waals surface area contributed by atoms with Gasteiger partial charge in [0.1, 0.15) is 5.69 Å². The number of aromatic nitrogens is 3. The van der Waals surface area contributed by atoms with Crippen molar-refractivity contribution in [1.82, 2.24) is 20.1 Å². The van der Waals surface area contributed by atoms with Crippen LogP contribution in [0.15, 0.2) is 67.1 Å². The van der Waals surface area contributed by atoms with Gasteiger partial charge >= 0.3 is 6.03 Å². The SMILES string of the molecule is O=C(NCCc1c[nH]c2ccccc12)Nc1ccc(-n2cccn2)c(F)c1. The van der Waals surface area contributed by atoms with Gasteiger partial charge in [-0.25, -0.2) is 13.9 Å². The third kappa shape index (κ3) is 3.67. The molecule has 0 saturated heterocycles. The Morgan fingerprint density at radius 2 is 2.07 bits per heavy atom. The summed E-state index contributed by atoms with van der Waals surface area (Å²) in [6.45, 7) is 0.474. The van der Waals surface area contributed by atoms with E-state index in [2.05, 4.69) is 20.7 Å². The highest BCUT2D eigenvalue weighted by Gasteiger charge is 2.08. The smallest absolute Gasteiger partial charge is 0.319 e. The van der Waals surface area contributed by atoms with Gasteiger partial charge in [0.2, 0.25) is 0 Å². The summed E-state index contributed by atoms with van der Waals surface area (Å²) in [5.41, 5.74) is 2.92. The van der Waals surface area contributed by atoms with Gasteiger partial charge in [-0.1, -0.05) is 18.2 Å². The zero-order chi connectivity index (χ0) is 18.6. The van der Waals surface area contributed by atoms with E-state index in [0.717, 1.165) is 16.5 Å². The van der Waals surface area contributed by atoms with Crippen molar-refractivity contribution in [3.05, 3.63) is 78.5 Å². The number of nitrogens with one attached hydrogen (secondary N) is 3. The van der Waals surface area contributed by atoms with Gasteiger partial charge < -0.3 is 15.6 Å². The van der Waals surface area contributed by atoms with Crippen molar-refractivity contribution in [2.75, 3.05) is 11.9 Å². The number of nitrogens with zero attached hydrogens (tertiary/aromatic N) is 2. The largest absolute Gasteiger partial charge is 0.361 e. The molecule has 27 heavy (non-hydrogen) atoms. The van der Waals surface area contributed by atoms with Crippen LogP contribution >= 0.6 is 0 Å². The molecule has 2 aromatic carbocycles. The van der Waals surface area contributed by atoms with Crippen LogP contribution in [0.25, 0.3) is 16.6 Å². The van der Waals surface area contributed by atoms with Crippen LogP contribution in [-0.4, -0.2) is 27.3 Å². The predicted octanol–water partition coefficient (Wildman–Crippen LogP) is 3.86. The van der Waals surface area contributed by atoms with Gasteiger partial charge in [0.15, 0.2) is 5.82 Å². The molecule has 7 heteroatoms. The second-order valence-electron chi connectivity index (χ2n) is 6.11. The number of hydrogen-bond donors (Lipinski definition) is 3. The topological polar surface area (TPSA) is 74.7 Å². The van der Waals surface area contributed by atoms with Gasteiger partial charge in [0, 0.05) is 41.7 Å². The molecule has 0 radical (unpaired) electrons. The summed E-state index contributed by atoms with van der Waals surface area (Å²) in [5.74, 6) is -0.463. The second kappa shape index (κ2) is 7.33. The van der Waals surface area contributed by atoms with Crippen LogP contribution in [0.5, 0.6) is 0 Å². The Kier molecular flexibility index (Phi) is 4.57. The summed E-state index contributed by atoms with van der Waals surface area (Å²) >= 11 is 0. The first kappa shape index (κ1) is 16.8. The van der Waals surface area contributed by atoms with Gasteiger partial charge in [-0.15, -0.1) is 0 Å². The zero-order valence-corrected chi connectivity index (χ0v) is 14.4. The van der Waals surface area contributed by atoms with E-state index in [9.17, 15) is 9.18 Å². The van der Waals surface area contributed by atoms with Crippen LogP contribution in [0, 0.1) is 5.82 Å². The first-order valence-electron chi connectivity index (χ1n) is 8.60. The Hall–Kier alpha value is -3.61. The van der Waals surface area contributed by atoms with Crippen LogP contribution in [-0.2, 0) is 6.42 Å². The van der Waals surface area contributed by atoms with Gasteiger partial charge in [0.05, 0.1) is 0 Å². The molecule has 0 aliphatic rings. The Bertz CT molecular complexity index is 1070. The van der Waals surface area contributed by atoms with E-state index < -0.39 is 5.82 Å². The van der Waals surface area contributed by atoms with E-state index in [4.69, 9.17) is 0 Å². The Labute approximate surface area is 155 Å². The molecule has 2 heterocycles. The summed E-state index contributed by atoms with van der Waals surface area (Å²) in [5, 5.41) is 10.6. The average Bonchev–Trinajstić information content (AvgIpc) is 3.32. The maximum absolute atomic E-state index is 14.2. The first-order valence-corrected chi connectivity index (χ1v) is 8.60. The molecule has 0 spiro atoms. The van der Waals surface area contributed by atoms with E-state index in [-0.39, 0.29) is 6.03 Å². The van der Waals surface area contributed by atoms with Crippen molar-refractivity contribution >= 4 is 22.6 Å². The number of benzene rings is 2. The number of halogens is 1. The van der Waals surface area contributed by atoms with E-state index in [1.54, 1.807) is 30.6 Å². The lowest BCUT2D eigenvalue weighted by Gasteiger charge is -2.09. The van der Waals surface area contributed by atoms with E-state index in [0.29, 0.717) is 24.3 Å². The van der Waals surface area contributed by atoms with E-state index in [1.807, 2.05) is 30.5 Å². The number of anilines is 1. The lowest BCUT2D eigenvalue weighted by Crippen LogP contribution is -2.30. The number of aromatic amines is 1. The number of fused-ring (bicyclic) bond motifs is 1. The maximum atomic E-state index is 14.2. The molecule has 2 aromatic heterocycles. The minimum absolute atomic E-state index is 0.324. The number of amides is 2. The standard InChI is InChI=1S/C20H18FN5O/c21-17-12-15(6-7-19(17)26-11-3-9-24-26)25-20(27)22-10-8-14-13-23-18-5-2-1-4-16(14)18/h1-7,9,11-13,23H,8,10H2,(H2,22,25,27). The number of carbonyl (C=O) groups is 1. The molecule has 6 nitrogen and oxygen atoms in total. The highest BCUT2D eigenvalue weighted by molar-refractivity contribution is 5.89. The molecular formula is C20H18FN5O. The van der Waals surface area contributed by atoms with E-state index >= 15 is 0 Å². The van der Waals surface area contributed by atoms with Crippen molar-refractivity contribution in [2.24, 2.45) is 0 Å². The van der Waals surface area contributed by atoms with Gasteiger partial charge in [0.25, 0.3) is 0 Å². The summed E-state index contributed by atoms with van der Waals surface area (Å²) in [6.07, 6.45) is 5.88. The summed E-state index contributed by atoms with van der Waals surface area (Å²) in [7, 11) is 0. The maximum Gasteiger partial charge on any atom is 0.319 e. The molecule has 4 rings (SSSR count). The number of carbonyl (C=O) groups excluding carboxylic acids is 1. The van der Waals surface area contributed by atoms with E-state index in [1.165, 1.54) is 10.7 Å². The molecular weight excluding hydrogens is 345 g/mol. The van der Waals surface area contributed by atoms with Crippen LogP contribution in [0.4, 0.5) is 14.9 Å². The number of hydrogen-bond acceptors (Lipinski definition) is 2. The molecule has 0 fully saturated rings. The molecule has 3 N–H and O–H groups in total. The molecule has 0 unspecified atom stereocenters. The Morgan fingerprint density at radius 3 is 2.89 bits per heavy atom. The Morgan fingerprint density at radius 1 is 1.19 bits per heavy atom. The first-order chi connectivity index (χ1) is 13.2. The third-order valence-corrected chi connectivity index (χ3v) is 4.31. The normalized spacial score (nSPS) is 10.9. The Balaban J connectivity index is 1.33. The van der Waals surface area contributed by atoms with Crippen LogP contribution in [0.1, 0.15) is 5.56 Å². The quantitative estimate of drug-likeness (QED) is 0.504. The zero-order valence-electron chi connectivity index (χ0n) is 14.4. The molecule has 0 aliphatic carbocycles. The predicted molar refractivity (Wildman–Crippen MR) is 103 cm³/mol. The lowest BCUT2D eigenvalue weighted by atomic mass is 10.1. The van der Waals surface area contributed by atoms with Crippen LogP contribution in [0.2, 0.25) is 0 Å². The summed E-state index contributed by atoms with van der Waals surface area (Å²) < 4.78 is 15.6.